The minimum absolute atomic E-state index is 0.693. The highest BCUT2D eigenvalue weighted by atomic mass is 32.1. The van der Waals surface area contributed by atoms with Gasteiger partial charge in [-0.1, -0.05) is 12.8 Å². The van der Waals surface area contributed by atoms with E-state index in [1.54, 1.807) is 18.4 Å². The Kier molecular flexibility index (Phi) is 6.41. The highest BCUT2D eigenvalue weighted by Gasteiger charge is 2.05. The number of nitrogens with zero attached hydrogens (tertiary/aromatic N) is 1. The summed E-state index contributed by atoms with van der Waals surface area (Å²) in [7, 11) is 1.67. The molecule has 4 heteroatoms. The zero-order chi connectivity index (χ0) is 14.9. The van der Waals surface area contributed by atoms with Gasteiger partial charge in [0.15, 0.2) is 0 Å². The summed E-state index contributed by atoms with van der Waals surface area (Å²) in [4.78, 5) is 14.9. The van der Waals surface area contributed by atoms with Crippen molar-refractivity contribution in [2.45, 2.75) is 38.5 Å². The van der Waals surface area contributed by atoms with E-state index in [0.717, 1.165) is 49.0 Å². The molecule has 2 rings (SSSR count). The van der Waals surface area contributed by atoms with Gasteiger partial charge >= 0.3 is 0 Å². The molecule has 0 unspecified atom stereocenters. The summed E-state index contributed by atoms with van der Waals surface area (Å²) in [5, 5.41) is 3.31. The van der Waals surface area contributed by atoms with E-state index in [1.807, 2.05) is 24.3 Å². The molecule has 0 fully saturated rings. The lowest BCUT2D eigenvalue weighted by molar-refractivity contribution is -0.107. The zero-order valence-electron chi connectivity index (χ0n) is 12.4. The Morgan fingerprint density at radius 3 is 2.62 bits per heavy atom. The molecular formula is C17H21NO2S. The fraction of sp³-hybridized carbons (Fsp3) is 0.412. The smallest absolute Gasteiger partial charge is 0.119 e. The first-order valence-electron chi connectivity index (χ1n) is 7.36. The van der Waals surface area contributed by atoms with Crippen molar-refractivity contribution in [3.63, 3.8) is 0 Å². The second-order valence-corrected chi connectivity index (χ2v) is 5.92. The lowest BCUT2D eigenvalue weighted by atomic mass is 10.1. The first-order valence-corrected chi connectivity index (χ1v) is 8.24. The molecule has 0 aliphatic rings. The molecule has 21 heavy (non-hydrogen) atoms. The highest BCUT2D eigenvalue weighted by molar-refractivity contribution is 7.09. The summed E-state index contributed by atoms with van der Waals surface area (Å²) in [6, 6.07) is 8.00. The van der Waals surface area contributed by atoms with Crippen LogP contribution in [0, 0.1) is 0 Å². The van der Waals surface area contributed by atoms with E-state index in [4.69, 9.17) is 9.72 Å². The molecule has 0 amide bonds. The summed E-state index contributed by atoms with van der Waals surface area (Å²) in [6.07, 6.45) is 7.19. The van der Waals surface area contributed by atoms with Crippen LogP contribution in [-0.4, -0.2) is 18.4 Å². The van der Waals surface area contributed by atoms with E-state index in [9.17, 15) is 4.79 Å². The average Bonchev–Trinajstić information content (AvgIpc) is 3.00. The number of benzene rings is 1. The molecule has 3 nitrogen and oxygen atoms in total. The van der Waals surface area contributed by atoms with Gasteiger partial charge in [0.1, 0.15) is 12.0 Å². The minimum Gasteiger partial charge on any atom is -0.497 e. The Hall–Kier alpha value is -1.68. The number of carbonyl (C=O) groups is 1. The summed E-state index contributed by atoms with van der Waals surface area (Å²) in [5.41, 5.74) is 2.17. The largest absolute Gasteiger partial charge is 0.497 e. The number of methoxy groups -OCH3 is 1. The van der Waals surface area contributed by atoms with Crippen LogP contribution in [0.25, 0.3) is 11.3 Å². The fourth-order valence-electron chi connectivity index (χ4n) is 2.18. The van der Waals surface area contributed by atoms with Crippen molar-refractivity contribution in [1.82, 2.24) is 4.98 Å². The molecular weight excluding hydrogens is 282 g/mol. The van der Waals surface area contributed by atoms with Gasteiger partial charge in [-0.05, 0) is 43.5 Å². The number of aldehydes is 1. The van der Waals surface area contributed by atoms with Gasteiger partial charge in [0.05, 0.1) is 17.8 Å². The molecule has 0 aliphatic heterocycles. The predicted molar refractivity (Wildman–Crippen MR) is 87.0 cm³/mol. The summed E-state index contributed by atoms with van der Waals surface area (Å²) >= 11 is 1.72. The number of thiazole rings is 1. The third kappa shape index (κ3) is 4.97. The predicted octanol–water partition coefficient (Wildman–Crippen LogP) is 4.51. The summed E-state index contributed by atoms with van der Waals surface area (Å²) in [6.45, 7) is 0. The second-order valence-electron chi connectivity index (χ2n) is 4.97. The number of rotatable bonds is 9. The molecule has 0 saturated heterocycles. The van der Waals surface area contributed by atoms with Gasteiger partial charge in [-0.25, -0.2) is 4.98 Å². The third-order valence-electron chi connectivity index (χ3n) is 3.40. The van der Waals surface area contributed by atoms with Crippen molar-refractivity contribution >= 4 is 17.6 Å². The van der Waals surface area contributed by atoms with E-state index in [-0.39, 0.29) is 0 Å². The number of unbranched alkanes of at least 4 members (excludes halogenated alkanes) is 4. The molecule has 0 N–H and O–H groups in total. The van der Waals surface area contributed by atoms with Crippen molar-refractivity contribution < 1.29 is 9.53 Å². The van der Waals surface area contributed by atoms with Crippen LogP contribution in [0.1, 0.15) is 37.1 Å². The van der Waals surface area contributed by atoms with Crippen molar-refractivity contribution in [2.75, 3.05) is 7.11 Å². The second kappa shape index (κ2) is 8.57. The lowest BCUT2D eigenvalue weighted by Crippen LogP contribution is -1.87. The van der Waals surface area contributed by atoms with Crippen LogP contribution >= 0.6 is 11.3 Å². The van der Waals surface area contributed by atoms with Crippen LogP contribution < -0.4 is 4.74 Å². The first kappa shape index (κ1) is 15.7. The van der Waals surface area contributed by atoms with Crippen LogP contribution in [0.3, 0.4) is 0 Å². The van der Waals surface area contributed by atoms with Crippen LogP contribution in [0.4, 0.5) is 0 Å². The molecule has 112 valence electrons. The third-order valence-corrected chi connectivity index (χ3v) is 4.31. The maximum Gasteiger partial charge on any atom is 0.119 e. The lowest BCUT2D eigenvalue weighted by Gasteiger charge is -2.00. The van der Waals surface area contributed by atoms with Crippen molar-refractivity contribution in [2.24, 2.45) is 0 Å². The Balaban J connectivity index is 1.81. The number of aryl methyl sites for hydroxylation is 1. The van der Waals surface area contributed by atoms with Crippen LogP contribution in [0.15, 0.2) is 29.6 Å². The van der Waals surface area contributed by atoms with E-state index in [2.05, 4.69) is 5.38 Å². The standard InChI is InChI=1S/C17H21NO2S/c1-20-15-10-8-14(9-11-15)16-13-21-17(18-16)7-5-3-2-4-6-12-19/h8-13H,2-7H2,1H3. The topological polar surface area (TPSA) is 39.2 Å². The molecule has 1 aromatic heterocycles. The average molecular weight is 303 g/mol. The fourth-order valence-corrected chi connectivity index (χ4v) is 3.03. The van der Waals surface area contributed by atoms with Crippen LogP contribution in [0.2, 0.25) is 0 Å². The molecule has 0 bridgehead atoms. The quantitative estimate of drug-likeness (QED) is 0.505. The van der Waals surface area contributed by atoms with Crippen LogP contribution in [0.5, 0.6) is 5.75 Å². The van der Waals surface area contributed by atoms with Crippen molar-refractivity contribution in [3.8, 4) is 17.0 Å². The van der Waals surface area contributed by atoms with Crippen LogP contribution in [-0.2, 0) is 11.2 Å². The normalized spacial score (nSPS) is 10.5. The van der Waals surface area contributed by atoms with Crippen molar-refractivity contribution in [1.29, 1.82) is 0 Å². The SMILES string of the molecule is COc1ccc(-c2csc(CCCCCCC=O)n2)cc1. The number of aromatic nitrogens is 1. The molecule has 1 aromatic carbocycles. The molecule has 0 saturated carbocycles. The molecule has 2 aromatic rings. The number of carbonyl (C=O) groups excluding carboxylic acids is 1. The molecule has 0 atom stereocenters. The van der Waals surface area contributed by atoms with Crippen molar-refractivity contribution in [3.05, 3.63) is 34.7 Å². The Labute approximate surface area is 130 Å². The molecule has 1 heterocycles. The molecule has 0 radical (unpaired) electrons. The molecule has 0 aliphatic carbocycles. The maximum atomic E-state index is 10.2. The summed E-state index contributed by atoms with van der Waals surface area (Å²) in [5.74, 6) is 0.865. The summed E-state index contributed by atoms with van der Waals surface area (Å²) < 4.78 is 5.16. The van der Waals surface area contributed by atoms with Gasteiger partial charge in [0, 0.05) is 17.4 Å². The van der Waals surface area contributed by atoms with E-state index in [1.165, 1.54) is 11.4 Å². The monoisotopic (exact) mass is 303 g/mol. The van der Waals surface area contributed by atoms with Gasteiger partial charge in [-0.2, -0.15) is 0 Å². The molecule has 0 spiro atoms. The Bertz CT molecular complexity index is 548. The Morgan fingerprint density at radius 2 is 1.90 bits per heavy atom. The first-order chi connectivity index (χ1) is 10.3. The number of ether oxygens (including phenoxy) is 1. The van der Waals surface area contributed by atoms with Gasteiger partial charge < -0.3 is 9.53 Å². The number of hydrogen-bond donors (Lipinski definition) is 0. The van der Waals surface area contributed by atoms with E-state index < -0.39 is 0 Å². The van der Waals surface area contributed by atoms with E-state index in [0.29, 0.717) is 6.42 Å². The number of hydrogen-bond acceptors (Lipinski definition) is 4. The zero-order valence-corrected chi connectivity index (χ0v) is 13.2. The van der Waals surface area contributed by atoms with Gasteiger partial charge in [-0.3, -0.25) is 0 Å². The minimum atomic E-state index is 0.693. The highest BCUT2D eigenvalue weighted by Crippen LogP contribution is 2.25. The Morgan fingerprint density at radius 1 is 1.14 bits per heavy atom. The van der Waals surface area contributed by atoms with Gasteiger partial charge in [-0.15, -0.1) is 11.3 Å². The van der Waals surface area contributed by atoms with E-state index >= 15 is 0 Å². The van der Waals surface area contributed by atoms with Gasteiger partial charge in [0.2, 0.25) is 0 Å². The maximum absolute atomic E-state index is 10.2. The van der Waals surface area contributed by atoms with Gasteiger partial charge in [0.25, 0.3) is 0 Å².